The van der Waals surface area contributed by atoms with E-state index in [0.717, 1.165) is 10.2 Å². The molecular weight excluding hydrogens is 307 g/mol. The molecule has 2 N–H and O–H groups in total. The zero-order valence-corrected chi connectivity index (χ0v) is 11.9. The zero-order valence-electron chi connectivity index (χ0n) is 9.53. The summed E-state index contributed by atoms with van der Waals surface area (Å²) in [7, 11) is 1.63. The molecule has 0 saturated carbocycles. The van der Waals surface area contributed by atoms with E-state index in [9.17, 15) is 4.79 Å². The number of rotatable bonds is 6. The maximum atomic E-state index is 11.4. The van der Waals surface area contributed by atoms with Gasteiger partial charge >= 0.3 is 0 Å². The van der Waals surface area contributed by atoms with Crippen molar-refractivity contribution in [3.8, 4) is 0 Å². The predicted molar refractivity (Wildman–Crippen MR) is 74.8 cm³/mol. The smallest absolute Gasteiger partial charge is 0.238 e. The van der Waals surface area contributed by atoms with Gasteiger partial charge in [-0.1, -0.05) is 15.9 Å². The lowest BCUT2D eigenvalue weighted by atomic mass is 10.3. The number of carbonyl (C=O) groups is 1. The van der Waals surface area contributed by atoms with Gasteiger partial charge in [-0.05, 0) is 24.3 Å². The van der Waals surface area contributed by atoms with E-state index in [4.69, 9.17) is 4.74 Å². The highest BCUT2D eigenvalue weighted by Crippen LogP contribution is 2.13. The van der Waals surface area contributed by atoms with Gasteiger partial charge < -0.3 is 15.4 Å². The van der Waals surface area contributed by atoms with E-state index in [1.165, 1.54) is 0 Å². The van der Waals surface area contributed by atoms with E-state index < -0.39 is 0 Å². The third-order valence-electron chi connectivity index (χ3n) is 1.90. The standard InChI is InChI=1S/C11H15BrN2O2.ClH/c1-16-7-6-13-8-11(15)14-10-4-2-9(12)3-5-10;/h2-5,13H,6-8H2,1H3,(H,14,15);1H. The van der Waals surface area contributed by atoms with Crippen molar-refractivity contribution < 1.29 is 9.53 Å². The fourth-order valence-corrected chi connectivity index (χ4v) is 1.38. The predicted octanol–water partition coefficient (Wildman–Crippen LogP) is 2.05. The molecule has 0 bridgehead atoms. The van der Waals surface area contributed by atoms with Crippen molar-refractivity contribution >= 4 is 39.9 Å². The molecule has 6 heteroatoms. The summed E-state index contributed by atoms with van der Waals surface area (Å²) >= 11 is 3.33. The van der Waals surface area contributed by atoms with E-state index in [1.807, 2.05) is 24.3 Å². The first-order valence-corrected chi connectivity index (χ1v) is 5.77. The number of halogens is 2. The Hall–Kier alpha value is -0.620. The molecule has 17 heavy (non-hydrogen) atoms. The Labute approximate surface area is 116 Å². The van der Waals surface area contributed by atoms with Crippen LogP contribution >= 0.6 is 28.3 Å². The molecule has 0 aliphatic rings. The van der Waals surface area contributed by atoms with Crippen LogP contribution in [0.15, 0.2) is 28.7 Å². The van der Waals surface area contributed by atoms with Gasteiger partial charge in [0, 0.05) is 23.8 Å². The largest absolute Gasteiger partial charge is 0.383 e. The van der Waals surface area contributed by atoms with Crippen LogP contribution in [0.5, 0.6) is 0 Å². The average Bonchev–Trinajstić information content (AvgIpc) is 2.28. The lowest BCUT2D eigenvalue weighted by molar-refractivity contribution is -0.115. The first-order valence-electron chi connectivity index (χ1n) is 4.97. The maximum Gasteiger partial charge on any atom is 0.238 e. The average molecular weight is 324 g/mol. The molecule has 0 aromatic heterocycles. The Morgan fingerprint density at radius 1 is 1.35 bits per heavy atom. The van der Waals surface area contributed by atoms with Gasteiger partial charge in [-0.3, -0.25) is 4.79 Å². The molecule has 0 unspecified atom stereocenters. The van der Waals surface area contributed by atoms with Crippen LogP contribution in [0.25, 0.3) is 0 Å². The number of carbonyl (C=O) groups excluding carboxylic acids is 1. The second-order valence-electron chi connectivity index (χ2n) is 3.22. The molecule has 0 saturated heterocycles. The lowest BCUT2D eigenvalue weighted by Gasteiger charge is -2.06. The van der Waals surface area contributed by atoms with Crippen LogP contribution in [0, 0.1) is 0 Å². The van der Waals surface area contributed by atoms with Gasteiger partial charge in [0.1, 0.15) is 0 Å². The molecule has 0 aliphatic carbocycles. The van der Waals surface area contributed by atoms with Gasteiger partial charge in [-0.25, -0.2) is 0 Å². The monoisotopic (exact) mass is 322 g/mol. The lowest BCUT2D eigenvalue weighted by Crippen LogP contribution is -2.30. The molecule has 0 fully saturated rings. The first kappa shape index (κ1) is 16.4. The molecule has 0 aliphatic heterocycles. The van der Waals surface area contributed by atoms with Crippen molar-refractivity contribution in [3.63, 3.8) is 0 Å². The van der Waals surface area contributed by atoms with Crippen molar-refractivity contribution in [2.45, 2.75) is 0 Å². The third-order valence-corrected chi connectivity index (χ3v) is 2.43. The van der Waals surface area contributed by atoms with E-state index in [0.29, 0.717) is 19.7 Å². The van der Waals surface area contributed by atoms with Crippen molar-refractivity contribution in [2.75, 3.05) is 32.1 Å². The van der Waals surface area contributed by atoms with Crippen LogP contribution in [0.3, 0.4) is 0 Å². The fraction of sp³-hybridized carbons (Fsp3) is 0.364. The fourth-order valence-electron chi connectivity index (χ4n) is 1.11. The van der Waals surface area contributed by atoms with Gasteiger partial charge in [-0.15, -0.1) is 12.4 Å². The Kier molecular flexibility index (Phi) is 9.07. The van der Waals surface area contributed by atoms with E-state index in [1.54, 1.807) is 7.11 Å². The molecule has 0 atom stereocenters. The molecule has 4 nitrogen and oxygen atoms in total. The third kappa shape index (κ3) is 7.33. The molecule has 1 aromatic rings. The van der Waals surface area contributed by atoms with Gasteiger partial charge in [-0.2, -0.15) is 0 Å². The molecular formula is C11H16BrClN2O2. The Bertz CT molecular complexity index is 333. The summed E-state index contributed by atoms with van der Waals surface area (Å²) in [5.41, 5.74) is 0.793. The van der Waals surface area contributed by atoms with Gasteiger partial charge in [0.25, 0.3) is 0 Å². The van der Waals surface area contributed by atoms with Crippen molar-refractivity contribution in [1.82, 2.24) is 5.32 Å². The minimum atomic E-state index is -0.0570. The van der Waals surface area contributed by atoms with E-state index in [2.05, 4.69) is 26.6 Å². The van der Waals surface area contributed by atoms with Gasteiger partial charge in [0.05, 0.1) is 13.2 Å². The normalized spacial score (nSPS) is 9.53. The highest BCUT2D eigenvalue weighted by molar-refractivity contribution is 9.10. The summed E-state index contributed by atoms with van der Waals surface area (Å²) in [6.45, 7) is 1.56. The van der Waals surface area contributed by atoms with E-state index >= 15 is 0 Å². The SMILES string of the molecule is COCCNCC(=O)Nc1ccc(Br)cc1.Cl. The number of amides is 1. The Morgan fingerprint density at radius 2 is 2.00 bits per heavy atom. The summed E-state index contributed by atoms with van der Waals surface area (Å²) in [6, 6.07) is 7.45. The molecule has 1 amide bonds. The molecule has 0 spiro atoms. The van der Waals surface area contributed by atoms with Crippen LogP contribution in [0.1, 0.15) is 0 Å². The van der Waals surface area contributed by atoms with Crippen molar-refractivity contribution in [2.24, 2.45) is 0 Å². The van der Waals surface area contributed by atoms with Crippen LogP contribution in [-0.4, -0.2) is 32.7 Å². The summed E-state index contributed by atoms with van der Waals surface area (Å²) < 4.78 is 5.85. The second kappa shape index (κ2) is 9.41. The number of hydrogen-bond donors (Lipinski definition) is 2. The minimum absolute atomic E-state index is 0. The topological polar surface area (TPSA) is 50.4 Å². The minimum Gasteiger partial charge on any atom is -0.383 e. The first-order chi connectivity index (χ1) is 7.72. The van der Waals surface area contributed by atoms with E-state index in [-0.39, 0.29) is 18.3 Å². The summed E-state index contributed by atoms with van der Waals surface area (Å²) in [6.07, 6.45) is 0. The van der Waals surface area contributed by atoms with Gasteiger partial charge in [0.2, 0.25) is 5.91 Å². The van der Waals surface area contributed by atoms with Crippen LogP contribution in [-0.2, 0) is 9.53 Å². The van der Waals surface area contributed by atoms with Crippen LogP contribution in [0.2, 0.25) is 0 Å². The molecule has 96 valence electrons. The Morgan fingerprint density at radius 3 is 2.59 bits per heavy atom. The van der Waals surface area contributed by atoms with Gasteiger partial charge in [0.15, 0.2) is 0 Å². The maximum absolute atomic E-state index is 11.4. The highest BCUT2D eigenvalue weighted by Gasteiger charge is 2.00. The molecule has 1 aromatic carbocycles. The molecule has 0 heterocycles. The van der Waals surface area contributed by atoms with Crippen molar-refractivity contribution in [1.29, 1.82) is 0 Å². The number of anilines is 1. The quantitative estimate of drug-likeness (QED) is 0.788. The molecule has 0 radical (unpaired) electrons. The summed E-state index contributed by atoms with van der Waals surface area (Å²) in [5.74, 6) is -0.0570. The Balaban J connectivity index is 0.00000256. The number of ether oxygens (including phenoxy) is 1. The number of benzene rings is 1. The van der Waals surface area contributed by atoms with Crippen molar-refractivity contribution in [3.05, 3.63) is 28.7 Å². The summed E-state index contributed by atoms with van der Waals surface area (Å²) in [4.78, 5) is 11.4. The van der Waals surface area contributed by atoms with Crippen LogP contribution < -0.4 is 10.6 Å². The number of nitrogens with one attached hydrogen (secondary N) is 2. The zero-order chi connectivity index (χ0) is 11.8. The van der Waals surface area contributed by atoms with Crippen LogP contribution in [0.4, 0.5) is 5.69 Å². The number of methoxy groups -OCH3 is 1. The molecule has 1 rings (SSSR count). The highest BCUT2D eigenvalue weighted by atomic mass is 79.9. The second-order valence-corrected chi connectivity index (χ2v) is 4.14. The number of hydrogen-bond acceptors (Lipinski definition) is 3. The summed E-state index contributed by atoms with van der Waals surface area (Å²) in [5, 5.41) is 5.75.